The number of benzene rings is 2. The Balaban J connectivity index is 1.40. The van der Waals surface area contributed by atoms with Gasteiger partial charge < -0.3 is 20.4 Å². The lowest BCUT2D eigenvalue weighted by molar-refractivity contribution is -0.0935. The molecule has 2 heterocycles. The van der Waals surface area contributed by atoms with E-state index in [9.17, 15) is 5.21 Å². The predicted molar refractivity (Wildman–Crippen MR) is 129 cm³/mol. The molecule has 0 bridgehead atoms. The van der Waals surface area contributed by atoms with Crippen molar-refractivity contribution in [2.24, 2.45) is 9.98 Å². The molecule has 31 heavy (non-hydrogen) atoms. The minimum atomic E-state index is 0.422. The summed E-state index contributed by atoms with van der Waals surface area (Å²) in [6, 6.07) is 17.8. The van der Waals surface area contributed by atoms with Gasteiger partial charge in [0.05, 0.1) is 11.4 Å². The van der Waals surface area contributed by atoms with Crippen molar-refractivity contribution >= 4 is 41.6 Å². The summed E-state index contributed by atoms with van der Waals surface area (Å²) in [5.74, 6) is 0. The van der Waals surface area contributed by atoms with E-state index >= 15 is 0 Å². The number of aliphatic imine (C=N–C) groups is 2. The van der Waals surface area contributed by atoms with E-state index in [1.165, 1.54) is 5.06 Å². The van der Waals surface area contributed by atoms with Crippen LogP contribution in [-0.4, -0.2) is 61.0 Å². The number of hydroxylamine groups is 2. The Labute approximate surface area is 186 Å². The van der Waals surface area contributed by atoms with Gasteiger partial charge in [0, 0.05) is 60.0 Å². The van der Waals surface area contributed by atoms with Gasteiger partial charge in [-0.2, -0.15) is 5.06 Å². The number of H-pyrrole nitrogens is 1. The van der Waals surface area contributed by atoms with E-state index in [2.05, 4.69) is 44.0 Å². The number of anilines is 2. The second kappa shape index (κ2) is 9.78. The largest absolute Gasteiger partial charge is 0.369 e. The second-order valence-corrected chi connectivity index (χ2v) is 7.66. The molecule has 0 spiro atoms. The molecule has 160 valence electrons. The average molecular weight is 437 g/mol. The van der Waals surface area contributed by atoms with Crippen LogP contribution in [-0.2, 0) is 0 Å². The van der Waals surface area contributed by atoms with Crippen LogP contribution in [0, 0.1) is 0 Å². The lowest BCUT2D eigenvalue weighted by Crippen LogP contribution is -2.44. The Kier molecular flexibility index (Phi) is 6.66. The van der Waals surface area contributed by atoms with Crippen LogP contribution in [0.2, 0.25) is 5.02 Å². The fraction of sp³-hybridized carbons (Fsp3) is 0.217. The molecular formula is C23H25ClN6O. The molecule has 1 aliphatic heterocycles. The number of halogens is 1. The van der Waals surface area contributed by atoms with E-state index in [4.69, 9.17) is 11.6 Å². The Morgan fingerprint density at radius 2 is 1.90 bits per heavy atom. The topological polar surface area (TPSA) is 79.2 Å². The Bertz CT molecular complexity index is 1070. The summed E-state index contributed by atoms with van der Waals surface area (Å²) in [7, 11) is 0. The van der Waals surface area contributed by atoms with E-state index in [0.29, 0.717) is 24.8 Å². The quantitative estimate of drug-likeness (QED) is 0.470. The summed E-state index contributed by atoms with van der Waals surface area (Å²) in [5.41, 5.74) is 5.41. The zero-order valence-electron chi connectivity index (χ0n) is 17.1. The minimum absolute atomic E-state index is 0.422. The number of hydrogen-bond donors (Lipinski definition) is 3. The Hall–Kier alpha value is -3.13. The molecule has 1 aromatic heterocycles. The molecule has 1 saturated heterocycles. The van der Waals surface area contributed by atoms with E-state index in [-0.39, 0.29) is 0 Å². The van der Waals surface area contributed by atoms with Gasteiger partial charge >= 0.3 is 0 Å². The third-order valence-corrected chi connectivity index (χ3v) is 5.55. The first-order valence-electron chi connectivity index (χ1n) is 10.1. The summed E-state index contributed by atoms with van der Waals surface area (Å²) < 4.78 is 0. The van der Waals surface area contributed by atoms with Crippen molar-refractivity contribution in [2.75, 3.05) is 43.1 Å². The second-order valence-electron chi connectivity index (χ2n) is 7.26. The number of rotatable bonds is 7. The lowest BCUT2D eigenvalue weighted by atomic mass is 10.1. The molecule has 7 nitrogen and oxygen atoms in total. The SMILES string of the molecule is C=Nc1cc(-c2ccccc2Cl)[nH]c1C=NCNc1cccc(N2CCN(O)CC2)c1. The van der Waals surface area contributed by atoms with Crippen LogP contribution in [0.5, 0.6) is 0 Å². The van der Waals surface area contributed by atoms with E-state index in [1.54, 1.807) is 6.21 Å². The Morgan fingerprint density at radius 3 is 2.68 bits per heavy atom. The summed E-state index contributed by atoms with van der Waals surface area (Å²) in [5, 5.41) is 14.9. The third-order valence-electron chi connectivity index (χ3n) is 5.22. The highest BCUT2D eigenvalue weighted by Gasteiger charge is 2.15. The number of nitrogens with one attached hydrogen (secondary N) is 2. The molecule has 2 aromatic carbocycles. The molecule has 1 aliphatic rings. The normalized spacial score (nSPS) is 14.8. The molecule has 1 fully saturated rings. The smallest absolute Gasteiger partial charge is 0.107 e. The van der Waals surface area contributed by atoms with Crippen molar-refractivity contribution in [3.05, 3.63) is 65.3 Å². The fourth-order valence-corrected chi connectivity index (χ4v) is 3.79. The molecule has 0 aliphatic carbocycles. The maximum absolute atomic E-state index is 9.54. The molecule has 3 N–H and O–H groups in total. The van der Waals surface area contributed by atoms with Crippen LogP contribution in [0.15, 0.2) is 64.6 Å². The van der Waals surface area contributed by atoms with Crippen molar-refractivity contribution in [3.8, 4) is 11.3 Å². The van der Waals surface area contributed by atoms with E-state index < -0.39 is 0 Å². The van der Waals surface area contributed by atoms with Gasteiger partial charge in [0.2, 0.25) is 0 Å². The van der Waals surface area contributed by atoms with Gasteiger partial charge in [-0.15, -0.1) is 0 Å². The number of nitrogens with zero attached hydrogens (tertiary/aromatic N) is 4. The van der Waals surface area contributed by atoms with Crippen LogP contribution in [0.3, 0.4) is 0 Å². The first-order chi connectivity index (χ1) is 15.1. The molecule has 0 amide bonds. The minimum Gasteiger partial charge on any atom is -0.369 e. The summed E-state index contributed by atoms with van der Waals surface area (Å²) in [4.78, 5) is 14.2. The summed E-state index contributed by atoms with van der Waals surface area (Å²) in [6.45, 7) is 6.97. The van der Waals surface area contributed by atoms with Crippen molar-refractivity contribution in [1.29, 1.82) is 0 Å². The fourth-order valence-electron chi connectivity index (χ4n) is 3.55. The van der Waals surface area contributed by atoms with E-state index in [0.717, 1.165) is 47.1 Å². The monoisotopic (exact) mass is 436 g/mol. The molecular weight excluding hydrogens is 412 g/mol. The van der Waals surface area contributed by atoms with Crippen molar-refractivity contribution < 1.29 is 5.21 Å². The first kappa shape index (κ1) is 21.1. The lowest BCUT2D eigenvalue weighted by Gasteiger charge is -2.33. The van der Waals surface area contributed by atoms with Gasteiger partial charge in [0.15, 0.2) is 0 Å². The molecule has 0 unspecified atom stereocenters. The number of aromatic nitrogens is 1. The van der Waals surface area contributed by atoms with E-state index in [1.807, 2.05) is 42.5 Å². The van der Waals surface area contributed by atoms with Crippen LogP contribution in [0.4, 0.5) is 17.1 Å². The van der Waals surface area contributed by atoms with Crippen LogP contribution >= 0.6 is 11.6 Å². The third kappa shape index (κ3) is 5.14. The maximum Gasteiger partial charge on any atom is 0.107 e. The molecule has 4 rings (SSSR count). The number of piperazine rings is 1. The molecule has 8 heteroatoms. The maximum atomic E-state index is 9.54. The van der Waals surface area contributed by atoms with Crippen LogP contribution in [0.25, 0.3) is 11.3 Å². The highest BCUT2D eigenvalue weighted by Crippen LogP contribution is 2.31. The van der Waals surface area contributed by atoms with Gasteiger partial charge in [-0.05, 0) is 37.0 Å². The number of hydrogen-bond acceptors (Lipinski definition) is 6. The number of aromatic amines is 1. The Morgan fingerprint density at radius 1 is 1.10 bits per heavy atom. The zero-order chi connectivity index (χ0) is 21.6. The highest BCUT2D eigenvalue weighted by atomic mass is 35.5. The van der Waals surface area contributed by atoms with Crippen molar-refractivity contribution in [2.45, 2.75) is 0 Å². The molecule has 3 aromatic rings. The zero-order valence-corrected chi connectivity index (χ0v) is 17.9. The predicted octanol–water partition coefficient (Wildman–Crippen LogP) is 4.67. The van der Waals surface area contributed by atoms with Crippen LogP contribution < -0.4 is 10.2 Å². The molecule has 0 radical (unpaired) electrons. The highest BCUT2D eigenvalue weighted by molar-refractivity contribution is 6.33. The van der Waals surface area contributed by atoms with Gasteiger partial charge in [-0.1, -0.05) is 35.9 Å². The van der Waals surface area contributed by atoms with Gasteiger partial charge in [-0.3, -0.25) is 9.98 Å². The average Bonchev–Trinajstić information content (AvgIpc) is 3.21. The van der Waals surface area contributed by atoms with Gasteiger partial charge in [0.25, 0.3) is 0 Å². The first-order valence-corrected chi connectivity index (χ1v) is 10.5. The van der Waals surface area contributed by atoms with Crippen molar-refractivity contribution in [3.63, 3.8) is 0 Å². The summed E-state index contributed by atoms with van der Waals surface area (Å²) >= 11 is 6.31. The molecule has 0 saturated carbocycles. The van der Waals surface area contributed by atoms with Gasteiger partial charge in [0.1, 0.15) is 6.67 Å². The standard InChI is InChI=1S/C23H25ClN6O/c1-25-22-14-21(19-7-2-3-8-20(19)24)28-23(22)15-26-16-27-17-5-4-6-18(13-17)29-9-11-30(31)12-10-29/h2-8,13-15,27-28,31H,1,9-12,16H2. The summed E-state index contributed by atoms with van der Waals surface area (Å²) in [6.07, 6.45) is 1.75. The van der Waals surface area contributed by atoms with Crippen LogP contribution in [0.1, 0.15) is 5.69 Å². The van der Waals surface area contributed by atoms with Gasteiger partial charge in [-0.25, -0.2) is 0 Å². The molecule has 0 atom stereocenters. The van der Waals surface area contributed by atoms with Crippen molar-refractivity contribution in [1.82, 2.24) is 10.0 Å².